The van der Waals surface area contributed by atoms with Gasteiger partial charge < -0.3 is 44.0 Å². The third-order valence-corrected chi connectivity index (χ3v) is 4.13. The van der Waals surface area contributed by atoms with E-state index in [4.69, 9.17) is 22.3 Å². The minimum absolute atomic E-state index is 0. The summed E-state index contributed by atoms with van der Waals surface area (Å²) in [5, 5.41) is 31.3. The Morgan fingerprint density at radius 3 is 1.12 bits per heavy atom. The van der Waals surface area contributed by atoms with E-state index < -0.39 is 11.1 Å². The van der Waals surface area contributed by atoms with Gasteiger partial charge in [0.1, 0.15) is 22.7 Å². The van der Waals surface area contributed by atoms with Gasteiger partial charge in [0.2, 0.25) is 0 Å². The predicted octanol–water partition coefficient (Wildman–Crippen LogP) is 1.46. The summed E-state index contributed by atoms with van der Waals surface area (Å²) in [6, 6.07) is 14.2. The van der Waals surface area contributed by atoms with Gasteiger partial charge in [-0.3, -0.25) is 10.8 Å². The van der Waals surface area contributed by atoms with Gasteiger partial charge in [0.25, 0.3) is 0 Å². The molecule has 0 atom stereocenters. The second kappa shape index (κ2) is 14.7. The van der Waals surface area contributed by atoms with Crippen LogP contribution in [0.4, 0.5) is 22.7 Å². The van der Waals surface area contributed by atoms with Gasteiger partial charge in [0.15, 0.2) is 0 Å². The lowest BCUT2D eigenvalue weighted by molar-refractivity contribution is 0.561. The largest absolute Gasteiger partial charge is 0.412 e. The Hall–Kier alpha value is -3.29. The van der Waals surface area contributed by atoms with Gasteiger partial charge in [-0.1, -0.05) is 0 Å². The van der Waals surface area contributed by atoms with Crippen molar-refractivity contribution >= 4 is 46.8 Å². The maximum atomic E-state index is 8.32. The Morgan fingerprint density at radius 1 is 0.636 bits per heavy atom. The van der Waals surface area contributed by atoms with Gasteiger partial charge in [-0.2, -0.15) is 10.2 Å². The predicted molar refractivity (Wildman–Crippen MR) is 139 cm³/mol. The molecule has 0 fully saturated rings. The third kappa shape index (κ3) is 10.7. The van der Waals surface area contributed by atoms with Crippen molar-refractivity contribution in [2.24, 2.45) is 10.2 Å². The Kier molecular flexibility index (Phi) is 16.5. The Bertz CT molecular complexity index is 814. The molecule has 0 spiro atoms. The highest BCUT2D eigenvalue weighted by Gasteiger charge is 2.28. The molecule has 12 nitrogen and oxygen atoms in total. The van der Waals surface area contributed by atoms with E-state index in [0.29, 0.717) is 11.4 Å². The summed E-state index contributed by atoms with van der Waals surface area (Å²) in [6.45, 7) is 7.15. The van der Waals surface area contributed by atoms with Crippen molar-refractivity contribution in [2.45, 2.75) is 38.8 Å². The number of nitrogen functional groups attached to an aromatic ring is 2. The minimum Gasteiger partial charge on any atom is -0.412 e. The van der Waals surface area contributed by atoms with Gasteiger partial charge in [-0.25, -0.2) is 0 Å². The van der Waals surface area contributed by atoms with Gasteiger partial charge in [-0.05, 0) is 76.2 Å². The maximum absolute atomic E-state index is 8.32. The first kappa shape index (κ1) is 37.0. The SMILES string of the molecule is CC(C)(N=NC(C)(C)C(=N)Nc1ccc(N)cc1)C(=N)Nc1ccc(N)cc1.Cl.O.O.O.O. The lowest BCUT2D eigenvalue weighted by Gasteiger charge is -2.25. The van der Waals surface area contributed by atoms with E-state index in [0.717, 1.165) is 11.4 Å². The molecule has 0 amide bonds. The zero-order chi connectivity index (χ0) is 20.9. The Labute approximate surface area is 199 Å². The number of halogens is 1. The Morgan fingerprint density at radius 2 is 0.879 bits per heavy atom. The van der Waals surface area contributed by atoms with Crippen LogP contribution in [0.25, 0.3) is 0 Å². The van der Waals surface area contributed by atoms with Crippen LogP contribution in [0, 0.1) is 10.8 Å². The number of rotatable bonds is 6. The van der Waals surface area contributed by atoms with Crippen molar-refractivity contribution in [1.29, 1.82) is 10.8 Å². The van der Waals surface area contributed by atoms with Crippen LogP contribution in [0.2, 0.25) is 0 Å². The number of nitrogens with zero attached hydrogens (tertiary/aromatic N) is 2. The van der Waals surface area contributed by atoms with Crippen LogP contribution in [0.5, 0.6) is 0 Å². The van der Waals surface area contributed by atoms with E-state index in [1.165, 1.54) is 0 Å². The molecule has 2 aromatic carbocycles. The highest BCUT2D eigenvalue weighted by molar-refractivity contribution is 6.01. The molecule has 0 aliphatic carbocycles. The lowest BCUT2D eigenvalue weighted by atomic mass is 10.0. The zero-order valence-corrected chi connectivity index (χ0v) is 19.9. The highest BCUT2D eigenvalue weighted by atomic mass is 35.5. The van der Waals surface area contributed by atoms with Crippen LogP contribution in [0.3, 0.4) is 0 Å². The second-order valence-corrected chi connectivity index (χ2v) is 7.56. The van der Waals surface area contributed by atoms with Gasteiger partial charge in [-0.15, -0.1) is 12.4 Å². The summed E-state index contributed by atoms with van der Waals surface area (Å²) in [4.78, 5) is 0. The third-order valence-electron chi connectivity index (χ3n) is 4.13. The van der Waals surface area contributed by atoms with E-state index in [1.54, 1.807) is 76.2 Å². The molecule has 33 heavy (non-hydrogen) atoms. The normalized spacial score (nSPS) is 10.2. The summed E-state index contributed by atoms with van der Waals surface area (Å²) in [7, 11) is 0. The van der Waals surface area contributed by atoms with E-state index >= 15 is 0 Å². The van der Waals surface area contributed by atoms with Gasteiger partial charge in [0, 0.05) is 22.7 Å². The van der Waals surface area contributed by atoms with Gasteiger partial charge in [0.05, 0.1) is 0 Å². The maximum Gasteiger partial charge on any atom is 0.133 e. The fourth-order valence-electron chi connectivity index (χ4n) is 2.08. The molecule has 0 saturated carbocycles. The Balaban J connectivity index is -0.000000841. The summed E-state index contributed by atoms with van der Waals surface area (Å²) in [6.07, 6.45) is 0. The van der Waals surface area contributed by atoms with Crippen LogP contribution >= 0.6 is 12.4 Å². The monoisotopic (exact) mass is 488 g/mol. The number of hydrogen-bond acceptors (Lipinski definition) is 6. The lowest BCUT2D eigenvalue weighted by Crippen LogP contribution is -2.38. The summed E-state index contributed by atoms with van der Waals surface area (Å²) in [5.41, 5.74) is 12.4. The fourth-order valence-corrected chi connectivity index (χ4v) is 2.08. The molecule has 0 heterocycles. The molecule has 0 aliphatic heterocycles. The number of hydrogen-bond donors (Lipinski definition) is 6. The quantitative estimate of drug-likeness (QED) is 0.152. The van der Waals surface area contributed by atoms with Crippen LogP contribution in [0.15, 0.2) is 58.8 Å². The molecule has 0 saturated heterocycles. The van der Waals surface area contributed by atoms with Crippen molar-refractivity contribution in [1.82, 2.24) is 0 Å². The number of nitrogens with two attached hydrogens (primary N) is 2. The van der Waals surface area contributed by atoms with Crippen LogP contribution < -0.4 is 22.1 Å². The first-order valence-corrected chi connectivity index (χ1v) is 8.87. The average molecular weight is 489 g/mol. The topological polar surface area (TPSA) is 275 Å². The van der Waals surface area contributed by atoms with Crippen molar-refractivity contribution in [3.05, 3.63) is 48.5 Å². The first-order chi connectivity index (χ1) is 13.0. The molecule has 0 aromatic heterocycles. The molecule has 0 radical (unpaired) electrons. The minimum atomic E-state index is -0.889. The molecular weight excluding hydrogens is 452 g/mol. The molecule has 13 heteroatoms. The molecular formula is C20H37ClN8O4. The van der Waals surface area contributed by atoms with E-state index in [9.17, 15) is 0 Å². The second-order valence-electron chi connectivity index (χ2n) is 7.56. The van der Waals surface area contributed by atoms with Crippen LogP contribution in [0.1, 0.15) is 27.7 Å². The smallest absolute Gasteiger partial charge is 0.133 e. The van der Waals surface area contributed by atoms with Crippen molar-refractivity contribution in [3.63, 3.8) is 0 Å². The fraction of sp³-hybridized carbons (Fsp3) is 0.300. The number of amidine groups is 2. The number of benzene rings is 2. The number of anilines is 4. The molecule has 0 aliphatic rings. The molecule has 188 valence electrons. The zero-order valence-electron chi connectivity index (χ0n) is 19.1. The number of nitrogens with one attached hydrogen (secondary N) is 4. The molecule has 2 rings (SSSR count). The van der Waals surface area contributed by atoms with Crippen molar-refractivity contribution < 1.29 is 21.9 Å². The summed E-state index contributed by atoms with van der Waals surface area (Å²) >= 11 is 0. The van der Waals surface area contributed by atoms with Crippen LogP contribution in [-0.2, 0) is 0 Å². The van der Waals surface area contributed by atoms with Crippen LogP contribution in [-0.4, -0.2) is 44.7 Å². The molecule has 0 bridgehead atoms. The average Bonchev–Trinajstić information content (AvgIpc) is 2.64. The molecule has 2 aromatic rings. The summed E-state index contributed by atoms with van der Waals surface area (Å²) in [5.74, 6) is 0.379. The first-order valence-electron chi connectivity index (χ1n) is 8.87. The summed E-state index contributed by atoms with van der Waals surface area (Å²) < 4.78 is 0. The van der Waals surface area contributed by atoms with Crippen molar-refractivity contribution in [2.75, 3.05) is 22.1 Å². The molecule has 16 N–H and O–H groups in total. The van der Waals surface area contributed by atoms with Crippen molar-refractivity contribution in [3.8, 4) is 0 Å². The van der Waals surface area contributed by atoms with E-state index in [2.05, 4.69) is 20.9 Å². The number of azo groups is 1. The highest BCUT2D eigenvalue weighted by Crippen LogP contribution is 2.21. The van der Waals surface area contributed by atoms with E-state index in [1.807, 2.05) is 0 Å². The standard InChI is InChI=1S/C20H28N8.ClH.4H2O/c1-19(2,17(23)25-15-9-5-13(21)6-10-15)27-28-20(3,4)18(24)26-16-11-7-14(22)8-12-16;;;;;/h5-12H,21-22H2,1-4H3,(H2,23,25)(H2,24,26);1H;4*1H2. The van der Waals surface area contributed by atoms with Gasteiger partial charge >= 0.3 is 0 Å². The molecule has 0 unspecified atom stereocenters. The van der Waals surface area contributed by atoms with E-state index in [-0.39, 0.29) is 46.0 Å².